The van der Waals surface area contributed by atoms with E-state index in [1.165, 1.54) is 5.56 Å². The van der Waals surface area contributed by atoms with E-state index in [-0.39, 0.29) is 17.7 Å². The van der Waals surface area contributed by atoms with Crippen molar-refractivity contribution in [3.63, 3.8) is 0 Å². The number of nitrogens with one attached hydrogen (secondary N) is 1. The summed E-state index contributed by atoms with van der Waals surface area (Å²) in [7, 11) is 0. The number of carbonyl (C=O) groups excluding carboxylic acids is 1. The van der Waals surface area contributed by atoms with Crippen LogP contribution in [0, 0.1) is 0 Å². The second-order valence-corrected chi connectivity index (χ2v) is 7.55. The fourth-order valence-corrected chi connectivity index (χ4v) is 2.93. The van der Waals surface area contributed by atoms with Gasteiger partial charge in [0.1, 0.15) is 5.60 Å². The summed E-state index contributed by atoms with van der Waals surface area (Å²) in [5.41, 5.74) is 0.747. The predicted molar refractivity (Wildman–Crippen MR) is 88.7 cm³/mol. The van der Waals surface area contributed by atoms with E-state index in [0.29, 0.717) is 0 Å². The highest BCUT2D eigenvalue weighted by atomic mass is 16.6. The highest BCUT2D eigenvalue weighted by molar-refractivity contribution is 5.68. The number of benzene rings is 1. The van der Waals surface area contributed by atoms with E-state index in [1.54, 1.807) is 0 Å². The molecule has 1 unspecified atom stereocenters. The molecule has 1 heterocycles. The Balaban J connectivity index is 1.97. The molecular weight excluding hydrogens is 276 g/mol. The minimum atomic E-state index is -0.462. The van der Waals surface area contributed by atoms with Gasteiger partial charge in [-0.1, -0.05) is 30.3 Å². The molecule has 1 atom stereocenters. The third-order valence-electron chi connectivity index (χ3n) is 4.26. The third-order valence-corrected chi connectivity index (χ3v) is 4.26. The summed E-state index contributed by atoms with van der Waals surface area (Å²) >= 11 is 0. The molecule has 1 N–H and O–H groups in total. The standard InChI is InChI=1S/C18H28N2O2/c1-17(2,3)22-16(21)19-15-11-12-20(18(15,4)5)13-14-9-7-6-8-10-14/h6-10,15H,11-13H2,1-5H3,(H,19,21). The van der Waals surface area contributed by atoms with E-state index in [0.717, 1.165) is 19.5 Å². The van der Waals surface area contributed by atoms with Crippen LogP contribution in [0.1, 0.15) is 46.6 Å². The van der Waals surface area contributed by atoms with E-state index >= 15 is 0 Å². The molecular formula is C18H28N2O2. The Bertz CT molecular complexity index is 506. The molecule has 1 aromatic rings. The maximum atomic E-state index is 12.0. The summed E-state index contributed by atoms with van der Waals surface area (Å²) in [6, 6.07) is 10.6. The quantitative estimate of drug-likeness (QED) is 0.928. The van der Waals surface area contributed by atoms with Gasteiger partial charge in [-0.3, -0.25) is 4.90 Å². The van der Waals surface area contributed by atoms with Crippen LogP contribution in [0.3, 0.4) is 0 Å². The van der Waals surface area contributed by atoms with E-state index in [2.05, 4.69) is 48.3 Å². The van der Waals surface area contributed by atoms with Crippen LogP contribution in [0.2, 0.25) is 0 Å². The zero-order chi connectivity index (χ0) is 16.4. The van der Waals surface area contributed by atoms with Gasteiger partial charge in [0.2, 0.25) is 0 Å². The fourth-order valence-electron chi connectivity index (χ4n) is 2.93. The zero-order valence-corrected chi connectivity index (χ0v) is 14.3. The number of alkyl carbamates (subject to hydrolysis) is 1. The number of carbonyl (C=O) groups is 1. The lowest BCUT2D eigenvalue weighted by molar-refractivity contribution is 0.0457. The average molecular weight is 304 g/mol. The van der Waals surface area contributed by atoms with Crippen molar-refractivity contribution in [3.8, 4) is 0 Å². The van der Waals surface area contributed by atoms with Crippen LogP contribution in [0.5, 0.6) is 0 Å². The van der Waals surface area contributed by atoms with Gasteiger partial charge in [-0.15, -0.1) is 0 Å². The third kappa shape index (κ3) is 4.23. The Labute approximate surface area is 133 Å². The van der Waals surface area contributed by atoms with Crippen LogP contribution in [-0.2, 0) is 11.3 Å². The first kappa shape index (κ1) is 16.8. The molecule has 122 valence electrons. The molecule has 1 aliphatic rings. The van der Waals surface area contributed by atoms with Gasteiger partial charge in [0.05, 0.1) is 6.04 Å². The van der Waals surface area contributed by atoms with Crippen molar-refractivity contribution < 1.29 is 9.53 Å². The van der Waals surface area contributed by atoms with Crippen molar-refractivity contribution in [1.82, 2.24) is 10.2 Å². The lowest BCUT2D eigenvalue weighted by atomic mass is 9.95. The molecule has 1 fully saturated rings. The molecule has 0 radical (unpaired) electrons. The summed E-state index contributed by atoms with van der Waals surface area (Å²) in [6.07, 6.45) is 0.617. The monoisotopic (exact) mass is 304 g/mol. The largest absolute Gasteiger partial charge is 0.444 e. The van der Waals surface area contributed by atoms with Crippen molar-refractivity contribution in [2.24, 2.45) is 0 Å². The van der Waals surface area contributed by atoms with Gasteiger partial charge in [0, 0.05) is 18.6 Å². The Hall–Kier alpha value is -1.55. The van der Waals surface area contributed by atoms with Gasteiger partial charge >= 0.3 is 6.09 Å². The Morgan fingerprint density at radius 2 is 1.95 bits per heavy atom. The van der Waals surface area contributed by atoms with E-state index < -0.39 is 5.60 Å². The van der Waals surface area contributed by atoms with Gasteiger partial charge in [-0.2, -0.15) is 0 Å². The molecule has 1 amide bonds. The molecule has 4 nitrogen and oxygen atoms in total. The van der Waals surface area contributed by atoms with Crippen LogP contribution in [0.4, 0.5) is 4.79 Å². The first-order valence-corrected chi connectivity index (χ1v) is 7.97. The van der Waals surface area contributed by atoms with Crippen LogP contribution >= 0.6 is 0 Å². The van der Waals surface area contributed by atoms with Crippen LogP contribution in [-0.4, -0.2) is 34.7 Å². The number of amides is 1. The van der Waals surface area contributed by atoms with Gasteiger partial charge in [-0.05, 0) is 46.6 Å². The number of likely N-dealkylation sites (tertiary alicyclic amines) is 1. The highest BCUT2D eigenvalue weighted by Crippen LogP contribution is 2.30. The zero-order valence-electron chi connectivity index (χ0n) is 14.3. The smallest absolute Gasteiger partial charge is 0.407 e. The molecule has 4 heteroatoms. The van der Waals surface area contributed by atoms with Crippen molar-refractivity contribution >= 4 is 6.09 Å². The summed E-state index contributed by atoms with van der Waals surface area (Å²) in [5.74, 6) is 0. The number of ether oxygens (including phenoxy) is 1. The van der Waals surface area contributed by atoms with Crippen molar-refractivity contribution in [2.75, 3.05) is 6.54 Å². The summed E-state index contributed by atoms with van der Waals surface area (Å²) in [5, 5.41) is 3.04. The lowest BCUT2D eigenvalue weighted by Crippen LogP contribution is -2.52. The minimum Gasteiger partial charge on any atom is -0.444 e. The summed E-state index contributed by atoms with van der Waals surface area (Å²) in [6.45, 7) is 11.9. The summed E-state index contributed by atoms with van der Waals surface area (Å²) < 4.78 is 5.38. The number of hydrogen-bond acceptors (Lipinski definition) is 3. The number of nitrogens with zero attached hydrogens (tertiary/aromatic N) is 1. The fraction of sp³-hybridized carbons (Fsp3) is 0.611. The van der Waals surface area contributed by atoms with Crippen LogP contribution < -0.4 is 5.32 Å². The topological polar surface area (TPSA) is 41.6 Å². The molecule has 1 saturated heterocycles. The normalized spacial score (nSPS) is 21.6. The maximum Gasteiger partial charge on any atom is 0.407 e. The summed E-state index contributed by atoms with van der Waals surface area (Å²) in [4.78, 5) is 14.4. The molecule has 0 aromatic heterocycles. The Morgan fingerprint density at radius 3 is 2.55 bits per heavy atom. The van der Waals surface area contributed by atoms with Gasteiger partial charge < -0.3 is 10.1 Å². The Kier molecular flexibility index (Phi) is 4.81. The molecule has 22 heavy (non-hydrogen) atoms. The van der Waals surface area contributed by atoms with Gasteiger partial charge in [0.15, 0.2) is 0 Å². The first-order valence-electron chi connectivity index (χ1n) is 7.97. The highest BCUT2D eigenvalue weighted by Gasteiger charge is 2.42. The van der Waals surface area contributed by atoms with Crippen molar-refractivity contribution in [2.45, 2.75) is 64.8 Å². The first-order chi connectivity index (χ1) is 10.2. The Morgan fingerprint density at radius 1 is 1.32 bits per heavy atom. The molecule has 2 rings (SSSR count). The van der Waals surface area contributed by atoms with Crippen LogP contribution in [0.15, 0.2) is 30.3 Å². The lowest BCUT2D eigenvalue weighted by Gasteiger charge is -2.36. The SMILES string of the molecule is CC(C)(C)OC(=O)NC1CCN(Cc2ccccc2)C1(C)C. The van der Waals surface area contributed by atoms with E-state index in [1.807, 2.05) is 26.8 Å². The molecule has 0 saturated carbocycles. The van der Waals surface area contributed by atoms with Crippen LogP contribution in [0.25, 0.3) is 0 Å². The average Bonchev–Trinajstić information content (AvgIpc) is 2.65. The van der Waals surface area contributed by atoms with Crippen molar-refractivity contribution in [1.29, 1.82) is 0 Å². The van der Waals surface area contributed by atoms with Gasteiger partial charge in [0.25, 0.3) is 0 Å². The molecule has 0 bridgehead atoms. The second-order valence-electron chi connectivity index (χ2n) is 7.55. The minimum absolute atomic E-state index is 0.0905. The molecule has 0 aliphatic carbocycles. The number of hydrogen-bond donors (Lipinski definition) is 1. The van der Waals surface area contributed by atoms with Gasteiger partial charge in [-0.25, -0.2) is 4.79 Å². The number of rotatable bonds is 3. The molecule has 0 spiro atoms. The van der Waals surface area contributed by atoms with E-state index in [4.69, 9.17) is 4.74 Å². The van der Waals surface area contributed by atoms with Crippen molar-refractivity contribution in [3.05, 3.63) is 35.9 Å². The maximum absolute atomic E-state index is 12.0. The molecule has 1 aliphatic heterocycles. The van der Waals surface area contributed by atoms with E-state index in [9.17, 15) is 4.79 Å². The molecule has 1 aromatic carbocycles. The second kappa shape index (κ2) is 6.29. The predicted octanol–water partition coefficient (Wildman–Crippen LogP) is 3.56.